The topological polar surface area (TPSA) is 61.0 Å². The SMILES string of the molecule is COCc1nc(C2CCc3ccccc3C2)nc(N)c1Br. The second kappa shape index (κ2) is 6.12. The van der Waals surface area contributed by atoms with Gasteiger partial charge in [0.2, 0.25) is 0 Å². The van der Waals surface area contributed by atoms with E-state index in [1.807, 2.05) is 0 Å². The van der Waals surface area contributed by atoms with Crippen LogP contribution >= 0.6 is 15.9 Å². The van der Waals surface area contributed by atoms with Crippen molar-refractivity contribution in [2.24, 2.45) is 0 Å². The summed E-state index contributed by atoms with van der Waals surface area (Å²) in [7, 11) is 1.65. The molecule has 0 saturated carbocycles. The standard InChI is InChI=1S/C16H18BrN3O/c1-21-9-13-14(17)15(18)20-16(19-13)12-7-6-10-4-2-3-5-11(10)8-12/h2-5,12H,6-9H2,1H3,(H2,18,19,20). The summed E-state index contributed by atoms with van der Waals surface area (Å²) in [6.45, 7) is 0.434. The maximum atomic E-state index is 6.00. The largest absolute Gasteiger partial charge is 0.383 e. The van der Waals surface area contributed by atoms with Crippen LogP contribution in [0.15, 0.2) is 28.7 Å². The fraction of sp³-hybridized carbons (Fsp3) is 0.375. The van der Waals surface area contributed by atoms with Crippen molar-refractivity contribution in [1.82, 2.24) is 9.97 Å². The van der Waals surface area contributed by atoms with Gasteiger partial charge in [-0.3, -0.25) is 0 Å². The number of aryl methyl sites for hydroxylation is 1. The van der Waals surface area contributed by atoms with Crippen molar-refractivity contribution in [2.75, 3.05) is 12.8 Å². The van der Waals surface area contributed by atoms with Crippen LogP contribution in [-0.4, -0.2) is 17.1 Å². The summed E-state index contributed by atoms with van der Waals surface area (Å²) in [5.74, 6) is 1.65. The molecule has 1 aliphatic carbocycles. The van der Waals surface area contributed by atoms with E-state index in [9.17, 15) is 0 Å². The van der Waals surface area contributed by atoms with Gasteiger partial charge < -0.3 is 10.5 Å². The lowest BCUT2D eigenvalue weighted by molar-refractivity contribution is 0.180. The van der Waals surface area contributed by atoms with Gasteiger partial charge in [-0.05, 0) is 46.3 Å². The molecule has 2 N–H and O–H groups in total. The molecule has 1 aliphatic rings. The van der Waals surface area contributed by atoms with E-state index in [1.165, 1.54) is 11.1 Å². The maximum Gasteiger partial charge on any atom is 0.141 e. The Labute approximate surface area is 132 Å². The highest BCUT2D eigenvalue weighted by Crippen LogP contribution is 2.33. The van der Waals surface area contributed by atoms with Crippen LogP contribution in [0.25, 0.3) is 0 Å². The summed E-state index contributed by atoms with van der Waals surface area (Å²) in [6, 6.07) is 8.59. The van der Waals surface area contributed by atoms with Gasteiger partial charge in [0.15, 0.2) is 0 Å². The lowest BCUT2D eigenvalue weighted by Crippen LogP contribution is -2.17. The molecule has 0 bridgehead atoms. The predicted octanol–water partition coefficient (Wildman–Crippen LogP) is 3.24. The Hall–Kier alpha value is -1.46. The van der Waals surface area contributed by atoms with Gasteiger partial charge in [-0.25, -0.2) is 9.97 Å². The van der Waals surface area contributed by atoms with E-state index in [2.05, 4.69) is 50.2 Å². The van der Waals surface area contributed by atoms with Gasteiger partial charge in [-0.15, -0.1) is 0 Å². The van der Waals surface area contributed by atoms with Gasteiger partial charge in [0.1, 0.15) is 11.6 Å². The number of fused-ring (bicyclic) bond motifs is 1. The second-order valence-corrected chi connectivity index (χ2v) is 6.16. The number of methoxy groups -OCH3 is 1. The number of halogens is 1. The molecule has 4 nitrogen and oxygen atoms in total. The maximum absolute atomic E-state index is 6.00. The van der Waals surface area contributed by atoms with Crippen molar-refractivity contribution in [3.05, 3.63) is 51.4 Å². The first-order valence-corrected chi connectivity index (χ1v) is 7.86. The molecular weight excluding hydrogens is 330 g/mol. The molecule has 1 aromatic heterocycles. The summed E-state index contributed by atoms with van der Waals surface area (Å²) in [5, 5.41) is 0. The Morgan fingerprint density at radius 1 is 1.29 bits per heavy atom. The van der Waals surface area contributed by atoms with Crippen LogP contribution in [0.4, 0.5) is 5.82 Å². The third-order valence-electron chi connectivity index (χ3n) is 3.96. The van der Waals surface area contributed by atoms with E-state index in [4.69, 9.17) is 10.5 Å². The minimum absolute atomic E-state index is 0.325. The van der Waals surface area contributed by atoms with Crippen LogP contribution in [0.3, 0.4) is 0 Å². The van der Waals surface area contributed by atoms with Gasteiger partial charge in [-0.2, -0.15) is 0 Å². The Morgan fingerprint density at radius 2 is 2.05 bits per heavy atom. The summed E-state index contributed by atoms with van der Waals surface area (Å²) in [4.78, 5) is 9.13. The van der Waals surface area contributed by atoms with E-state index in [-0.39, 0.29) is 0 Å². The quantitative estimate of drug-likeness (QED) is 0.925. The molecular formula is C16H18BrN3O. The van der Waals surface area contributed by atoms with Gasteiger partial charge in [0.05, 0.1) is 16.8 Å². The third-order valence-corrected chi connectivity index (χ3v) is 4.82. The van der Waals surface area contributed by atoms with Crippen LogP contribution < -0.4 is 5.73 Å². The van der Waals surface area contributed by atoms with Gasteiger partial charge in [0, 0.05) is 13.0 Å². The molecule has 1 heterocycles. The van der Waals surface area contributed by atoms with E-state index >= 15 is 0 Å². The van der Waals surface area contributed by atoms with Gasteiger partial charge >= 0.3 is 0 Å². The smallest absolute Gasteiger partial charge is 0.141 e. The molecule has 5 heteroatoms. The normalized spacial score (nSPS) is 17.5. The fourth-order valence-electron chi connectivity index (χ4n) is 2.87. The van der Waals surface area contributed by atoms with E-state index < -0.39 is 0 Å². The number of aromatic nitrogens is 2. The van der Waals surface area contributed by atoms with Crippen molar-refractivity contribution in [3.63, 3.8) is 0 Å². The minimum atomic E-state index is 0.325. The molecule has 1 aromatic carbocycles. The lowest BCUT2D eigenvalue weighted by Gasteiger charge is -2.24. The predicted molar refractivity (Wildman–Crippen MR) is 86.1 cm³/mol. The van der Waals surface area contributed by atoms with E-state index in [0.29, 0.717) is 18.3 Å². The number of nitrogens with two attached hydrogens (primary N) is 1. The third kappa shape index (κ3) is 2.94. The molecule has 0 fully saturated rings. The Balaban J connectivity index is 1.91. The van der Waals surface area contributed by atoms with Crippen LogP contribution in [0, 0.1) is 0 Å². The molecule has 110 valence electrons. The Bertz CT molecular complexity index is 660. The Kier molecular flexibility index (Phi) is 4.22. The highest BCUT2D eigenvalue weighted by atomic mass is 79.9. The molecule has 3 rings (SSSR count). The monoisotopic (exact) mass is 347 g/mol. The van der Waals surface area contributed by atoms with Crippen LogP contribution in [0.1, 0.15) is 35.0 Å². The zero-order valence-corrected chi connectivity index (χ0v) is 13.6. The molecule has 0 aliphatic heterocycles. The first kappa shape index (κ1) is 14.5. The van der Waals surface area contributed by atoms with Gasteiger partial charge in [-0.1, -0.05) is 24.3 Å². The number of hydrogen-bond donors (Lipinski definition) is 1. The number of nitrogen functional groups attached to an aromatic ring is 1. The highest BCUT2D eigenvalue weighted by molar-refractivity contribution is 9.10. The number of nitrogens with zero attached hydrogens (tertiary/aromatic N) is 2. The lowest BCUT2D eigenvalue weighted by atomic mass is 9.83. The summed E-state index contributed by atoms with van der Waals surface area (Å²) in [5.41, 5.74) is 9.65. The number of rotatable bonds is 3. The number of benzene rings is 1. The first-order valence-electron chi connectivity index (χ1n) is 7.06. The molecule has 0 spiro atoms. The van der Waals surface area contributed by atoms with Crippen molar-refractivity contribution in [2.45, 2.75) is 31.8 Å². The summed E-state index contributed by atoms with van der Waals surface area (Å²) in [6.07, 6.45) is 3.11. The van der Waals surface area contributed by atoms with E-state index in [1.54, 1.807) is 7.11 Å². The zero-order chi connectivity index (χ0) is 14.8. The molecule has 1 unspecified atom stereocenters. The molecule has 2 aromatic rings. The van der Waals surface area contributed by atoms with Crippen molar-refractivity contribution >= 4 is 21.7 Å². The highest BCUT2D eigenvalue weighted by Gasteiger charge is 2.23. The van der Waals surface area contributed by atoms with Crippen molar-refractivity contribution in [3.8, 4) is 0 Å². The average molecular weight is 348 g/mol. The molecule has 21 heavy (non-hydrogen) atoms. The fourth-order valence-corrected chi connectivity index (χ4v) is 3.16. The first-order chi connectivity index (χ1) is 10.2. The minimum Gasteiger partial charge on any atom is -0.383 e. The molecule has 0 amide bonds. The number of hydrogen-bond acceptors (Lipinski definition) is 4. The van der Waals surface area contributed by atoms with Crippen molar-refractivity contribution in [1.29, 1.82) is 0 Å². The van der Waals surface area contributed by atoms with E-state index in [0.717, 1.165) is 35.3 Å². The van der Waals surface area contributed by atoms with Crippen LogP contribution in [0.2, 0.25) is 0 Å². The number of anilines is 1. The molecule has 0 saturated heterocycles. The molecule has 0 radical (unpaired) electrons. The van der Waals surface area contributed by atoms with Crippen LogP contribution in [-0.2, 0) is 24.2 Å². The average Bonchev–Trinajstić information content (AvgIpc) is 2.51. The molecule has 1 atom stereocenters. The zero-order valence-electron chi connectivity index (χ0n) is 12.0. The summed E-state index contributed by atoms with van der Waals surface area (Å²) >= 11 is 3.44. The summed E-state index contributed by atoms with van der Waals surface area (Å²) < 4.78 is 5.93. The van der Waals surface area contributed by atoms with Crippen LogP contribution in [0.5, 0.6) is 0 Å². The Morgan fingerprint density at radius 3 is 2.81 bits per heavy atom. The van der Waals surface area contributed by atoms with Crippen molar-refractivity contribution < 1.29 is 4.74 Å². The van der Waals surface area contributed by atoms with Gasteiger partial charge in [0.25, 0.3) is 0 Å². The number of ether oxygens (including phenoxy) is 1. The second-order valence-electron chi connectivity index (χ2n) is 5.37.